The van der Waals surface area contributed by atoms with Crippen molar-refractivity contribution < 1.29 is 8.78 Å². The second-order valence-corrected chi connectivity index (χ2v) is 5.20. The summed E-state index contributed by atoms with van der Waals surface area (Å²) < 4.78 is 28.6. The van der Waals surface area contributed by atoms with Crippen LogP contribution in [0, 0.1) is 0 Å². The summed E-state index contributed by atoms with van der Waals surface area (Å²) in [5.41, 5.74) is 1.64. The first-order valence-corrected chi connectivity index (χ1v) is 7.82. The van der Waals surface area contributed by atoms with Crippen molar-refractivity contribution in [3.63, 3.8) is 0 Å². The van der Waals surface area contributed by atoms with Crippen LogP contribution in [0.3, 0.4) is 0 Å². The molecule has 0 saturated heterocycles. The van der Waals surface area contributed by atoms with Gasteiger partial charge in [-0.05, 0) is 31.5 Å². The van der Waals surface area contributed by atoms with Crippen molar-refractivity contribution in [1.29, 1.82) is 0 Å². The van der Waals surface area contributed by atoms with Gasteiger partial charge in [-0.1, -0.05) is 33.3 Å². The predicted molar refractivity (Wildman–Crippen MR) is 88.3 cm³/mol. The third kappa shape index (κ3) is 6.87. The lowest BCUT2D eigenvalue weighted by atomic mass is 9.93. The van der Waals surface area contributed by atoms with E-state index in [1.54, 1.807) is 20.2 Å². The highest BCUT2D eigenvalue weighted by atomic mass is 19.3. The van der Waals surface area contributed by atoms with Gasteiger partial charge in [-0.25, -0.2) is 8.78 Å². The minimum atomic E-state index is -2.73. The van der Waals surface area contributed by atoms with E-state index in [0.29, 0.717) is 31.4 Å². The van der Waals surface area contributed by atoms with Crippen molar-refractivity contribution >= 4 is 5.71 Å². The molecule has 1 N–H and O–H groups in total. The fourth-order valence-electron chi connectivity index (χ4n) is 2.38. The Labute approximate surface area is 128 Å². The van der Waals surface area contributed by atoms with Crippen LogP contribution in [0.15, 0.2) is 28.9 Å². The van der Waals surface area contributed by atoms with Gasteiger partial charge in [0.25, 0.3) is 5.92 Å². The molecule has 0 rings (SSSR count). The topological polar surface area (TPSA) is 24.4 Å². The molecule has 0 saturated carbocycles. The first-order chi connectivity index (χ1) is 9.94. The molecule has 0 spiro atoms. The molecule has 0 atom stereocenters. The zero-order chi connectivity index (χ0) is 16.3. The highest BCUT2D eigenvalue weighted by molar-refractivity contribution is 6.01. The molecule has 122 valence electrons. The minimum Gasteiger partial charge on any atom is -0.391 e. The molecule has 0 radical (unpaired) electrons. The Balaban J connectivity index is 5.09. The van der Waals surface area contributed by atoms with E-state index in [1.165, 1.54) is 0 Å². The zero-order valence-electron chi connectivity index (χ0n) is 13.9. The Morgan fingerprint density at radius 1 is 1.29 bits per heavy atom. The molecule has 0 bridgehead atoms. The van der Waals surface area contributed by atoms with Crippen molar-refractivity contribution in [1.82, 2.24) is 5.32 Å². The largest absolute Gasteiger partial charge is 0.391 e. The molecule has 0 aromatic rings. The van der Waals surface area contributed by atoms with E-state index in [-0.39, 0.29) is 12.0 Å². The number of alkyl halides is 2. The summed E-state index contributed by atoms with van der Waals surface area (Å²) in [6, 6.07) is 0. The van der Waals surface area contributed by atoms with Gasteiger partial charge in [-0.3, -0.25) is 4.99 Å². The number of halogens is 2. The number of aliphatic imine (C=N–C) groups is 1. The minimum absolute atomic E-state index is 0.0714. The van der Waals surface area contributed by atoms with Gasteiger partial charge in [-0.15, -0.1) is 0 Å². The number of nitrogens with one attached hydrogen (secondary N) is 1. The van der Waals surface area contributed by atoms with Crippen LogP contribution in [0.5, 0.6) is 0 Å². The van der Waals surface area contributed by atoms with E-state index in [9.17, 15) is 8.78 Å². The predicted octanol–water partition coefficient (Wildman–Crippen LogP) is 5.12. The Morgan fingerprint density at radius 3 is 2.43 bits per heavy atom. The lowest BCUT2D eigenvalue weighted by Gasteiger charge is -2.22. The van der Waals surface area contributed by atoms with Gasteiger partial charge in [0.1, 0.15) is 0 Å². The molecule has 2 nitrogen and oxygen atoms in total. The number of rotatable bonds is 11. The van der Waals surface area contributed by atoms with Crippen molar-refractivity contribution in [2.75, 3.05) is 13.6 Å². The highest BCUT2D eigenvalue weighted by Gasteiger charge is 2.33. The molecule has 21 heavy (non-hydrogen) atoms. The number of unbranched alkanes of at least 4 members (excludes halogenated alkanes) is 2. The molecule has 0 aliphatic rings. The molecule has 0 aliphatic heterocycles. The Hall–Kier alpha value is -1.19. The maximum absolute atomic E-state index is 14.3. The lowest BCUT2D eigenvalue weighted by molar-refractivity contribution is 0.0289. The van der Waals surface area contributed by atoms with E-state index in [4.69, 9.17) is 0 Å². The molecule has 0 fully saturated rings. The summed E-state index contributed by atoms with van der Waals surface area (Å²) in [4.78, 5) is 4.21. The Morgan fingerprint density at radius 2 is 1.95 bits per heavy atom. The van der Waals surface area contributed by atoms with Crippen LogP contribution in [0.25, 0.3) is 0 Å². The Kier molecular flexibility index (Phi) is 9.93. The van der Waals surface area contributed by atoms with Crippen molar-refractivity contribution in [2.24, 2.45) is 4.99 Å². The number of hydrogen-bond acceptors (Lipinski definition) is 2. The summed E-state index contributed by atoms with van der Waals surface area (Å²) in [6.45, 7) is 9.73. The maximum atomic E-state index is 14.3. The molecule has 0 aromatic heterocycles. The second kappa shape index (κ2) is 10.5. The number of allylic oxidation sites excluding steroid dienone is 2. The van der Waals surface area contributed by atoms with Gasteiger partial charge in [0, 0.05) is 37.7 Å². The smallest absolute Gasteiger partial charge is 0.269 e. The van der Waals surface area contributed by atoms with Crippen LogP contribution in [-0.4, -0.2) is 25.2 Å². The van der Waals surface area contributed by atoms with E-state index >= 15 is 0 Å². The summed E-state index contributed by atoms with van der Waals surface area (Å²) >= 11 is 0. The normalized spacial score (nSPS) is 13.9. The molecule has 0 aromatic carbocycles. The average molecular weight is 300 g/mol. The molecular formula is C17H30F2N2. The first-order valence-electron chi connectivity index (χ1n) is 7.82. The van der Waals surface area contributed by atoms with E-state index in [0.717, 1.165) is 18.6 Å². The van der Waals surface area contributed by atoms with Crippen LogP contribution in [0.4, 0.5) is 8.78 Å². The molecule has 4 heteroatoms. The van der Waals surface area contributed by atoms with Crippen molar-refractivity contribution in [2.45, 2.75) is 65.2 Å². The Bertz CT molecular complexity index is 371. The van der Waals surface area contributed by atoms with Crippen LogP contribution < -0.4 is 5.32 Å². The first kappa shape index (κ1) is 19.8. The monoisotopic (exact) mass is 300 g/mol. The SMILES string of the molecule is C=CNCCC(=N/C)/C(CC)=C(\C)C(F)(F)CCCCC. The average Bonchev–Trinajstić information content (AvgIpc) is 2.46. The van der Waals surface area contributed by atoms with Crippen LogP contribution in [-0.2, 0) is 0 Å². The summed E-state index contributed by atoms with van der Waals surface area (Å²) in [5, 5.41) is 2.98. The maximum Gasteiger partial charge on any atom is 0.269 e. The summed E-state index contributed by atoms with van der Waals surface area (Å²) in [6.07, 6.45) is 5.11. The molecule has 0 heterocycles. The number of hydrogen-bond donors (Lipinski definition) is 1. The van der Waals surface area contributed by atoms with Crippen molar-refractivity contribution in [3.8, 4) is 0 Å². The standard InChI is InChI=1S/C17H30F2N2/c1-6-9-10-12-17(18,19)14(4)15(7-2)16(20-5)11-13-21-8-3/h8,21H,3,6-7,9-13H2,1-2,4-5H3/b15-14+,20-16-. The zero-order valence-corrected chi connectivity index (χ0v) is 13.9. The van der Waals surface area contributed by atoms with Gasteiger partial charge in [0.2, 0.25) is 0 Å². The lowest BCUT2D eigenvalue weighted by Crippen LogP contribution is -2.23. The van der Waals surface area contributed by atoms with Gasteiger partial charge in [0.15, 0.2) is 0 Å². The highest BCUT2D eigenvalue weighted by Crippen LogP contribution is 2.33. The van der Waals surface area contributed by atoms with Gasteiger partial charge in [0.05, 0.1) is 0 Å². The quantitative estimate of drug-likeness (QED) is 0.415. The molecular weight excluding hydrogens is 270 g/mol. The fourth-order valence-corrected chi connectivity index (χ4v) is 2.38. The van der Waals surface area contributed by atoms with Crippen LogP contribution in [0.2, 0.25) is 0 Å². The summed E-state index contributed by atoms with van der Waals surface area (Å²) in [5.74, 6) is -2.73. The third-order valence-electron chi connectivity index (χ3n) is 3.72. The molecule has 0 unspecified atom stereocenters. The van der Waals surface area contributed by atoms with Crippen LogP contribution >= 0.6 is 0 Å². The fraction of sp³-hybridized carbons (Fsp3) is 0.706. The van der Waals surface area contributed by atoms with Crippen molar-refractivity contribution in [3.05, 3.63) is 23.9 Å². The molecule has 0 amide bonds. The van der Waals surface area contributed by atoms with Gasteiger partial charge < -0.3 is 5.32 Å². The third-order valence-corrected chi connectivity index (χ3v) is 3.72. The van der Waals surface area contributed by atoms with Crippen LogP contribution in [0.1, 0.15) is 59.3 Å². The van der Waals surface area contributed by atoms with E-state index in [2.05, 4.69) is 16.9 Å². The second-order valence-electron chi connectivity index (χ2n) is 5.20. The van der Waals surface area contributed by atoms with Gasteiger partial charge >= 0.3 is 0 Å². The van der Waals surface area contributed by atoms with E-state index in [1.807, 2.05) is 13.8 Å². The summed E-state index contributed by atoms with van der Waals surface area (Å²) in [7, 11) is 1.67. The molecule has 0 aliphatic carbocycles. The number of nitrogens with zero attached hydrogens (tertiary/aromatic N) is 1. The van der Waals surface area contributed by atoms with E-state index < -0.39 is 5.92 Å². The van der Waals surface area contributed by atoms with Gasteiger partial charge in [-0.2, -0.15) is 0 Å².